The van der Waals surface area contributed by atoms with E-state index in [9.17, 15) is 0 Å². The Morgan fingerprint density at radius 1 is 0.464 bits per heavy atom. The highest BCUT2D eigenvalue weighted by Gasteiger charge is 2.59. The van der Waals surface area contributed by atoms with Gasteiger partial charge >= 0.3 is 0 Å². The second-order valence-electron chi connectivity index (χ2n) is 11.1. The second kappa shape index (κ2) is 6.09. The summed E-state index contributed by atoms with van der Waals surface area (Å²) in [5.41, 5.74) is 1.92. The van der Waals surface area contributed by atoms with E-state index < -0.39 is 0 Å². The Morgan fingerprint density at radius 2 is 0.750 bits per heavy atom. The monoisotopic (exact) mass is 380 g/mol. The standard InChI is InChI=1S/C24H36N4/c1-2-10-22-12-4-3-11-21(22,9-1)17-27(18-22)25-26-28-19-23-13-5-6-14-24(23,20-28)16-8-7-15-23/h1-2,5-6H,3-4,7-20H2/b26-25+/t21-,22-,23-,24+/m1/s1. The summed E-state index contributed by atoms with van der Waals surface area (Å²) in [5.74, 6) is 0. The summed E-state index contributed by atoms with van der Waals surface area (Å²) in [7, 11) is 0. The van der Waals surface area contributed by atoms with E-state index in [4.69, 9.17) is 10.4 Å². The molecule has 2 heterocycles. The molecule has 152 valence electrons. The summed E-state index contributed by atoms with van der Waals surface area (Å²) in [5, 5.41) is 14.5. The van der Waals surface area contributed by atoms with Crippen molar-refractivity contribution in [1.82, 2.24) is 10.0 Å². The zero-order valence-electron chi connectivity index (χ0n) is 17.4. The third-order valence-corrected chi connectivity index (χ3v) is 9.97. The molecule has 2 aliphatic heterocycles. The average Bonchev–Trinajstić information content (AvgIpc) is 3.25. The average molecular weight is 381 g/mol. The van der Waals surface area contributed by atoms with Crippen LogP contribution in [0.2, 0.25) is 0 Å². The van der Waals surface area contributed by atoms with Crippen molar-refractivity contribution in [3.05, 3.63) is 24.3 Å². The van der Waals surface area contributed by atoms with Crippen LogP contribution in [-0.2, 0) is 0 Å². The summed E-state index contributed by atoms with van der Waals surface area (Å²) in [6.07, 6.45) is 26.1. The number of hydrogen-bond acceptors (Lipinski definition) is 2. The maximum absolute atomic E-state index is 4.89. The van der Waals surface area contributed by atoms with Gasteiger partial charge in [-0.05, 0) is 51.4 Å². The summed E-state index contributed by atoms with van der Waals surface area (Å²) >= 11 is 0. The van der Waals surface area contributed by atoms with E-state index in [-0.39, 0.29) is 0 Å². The van der Waals surface area contributed by atoms with Gasteiger partial charge in [0, 0.05) is 47.8 Å². The third-order valence-electron chi connectivity index (χ3n) is 9.97. The number of rotatable bonds is 2. The van der Waals surface area contributed by atoms with Crippen LogP contribution in [0.3, 0.4) is 0 Å². The second-order valence-corrected chi connectivity index (χ2v) is 11.1. The molecule has 0 aromatic carbocycles. The van der Waals surface area contributed by atoms with Crippen molar-refractivity contribution in [2.24, 2.45) is 32.1 Å². The van der Waals surface area contributed by atoms with Gasteiger partial charge in [-0.1, -0.05) is 60.4 Å². The molecule has 4 atom stereocenters. The minimum absolute atomic E-state index is 0.479. The lowest BCUT2D eigenvalue weighted by atomic mass is 9.53. The van der Waals surface area contributed by atoms with Crippen molar-refractivity contribution in [2.45, 2.75) is 77.0 Å². The molecule has 4 heteroatoms. The smallest absolute Gasteiger partial charge is 0.0443 e. The van der Waals surface area contributed by atoms with Crippen LogP contribution in [0.4, 0.5) is 0 Å². The molecule has 0 amide bonds. The quantitative estimate of drug-likeness (QED) is 0.455. The van der Waals surface area contributed by atoms with Gasteiger partial charge in [0.2, 0.25) is 0 Å². The van der Waals surface area contributed by atoms with Crippen molar-refractivity contribution in [3.63, 3.8) is 0 Å². The molecule has 0 aromatic heterocycles. The van der Waals surface area contributed by atoms with E-state index in [2.05, 4.69) is 34.3 Å². The topological polar surface area (TPSA) is 31.2 Å². The molecular formula is C24H36N4. The van der Waals surface area contributed by atoms with Crippen molar-refractivity contribution >= 4 is 0 Å². The predicted molar refractivity (Wildman–Crippen MR) is 111 cm³/mol. The van der Waals surface area contributed by atoms with Crippen LogP contribution in [0.15, 0.2) is 34.8 Å². The van der Waals surface area contributed by atoms with Gasteiger partial charge in [0.05, 0.1) is 0 Å². The Balaban J connectivity index is 1.20. The maximum Gasteiger partial charge on any atom is 0.0443 e. The summed E-state index contributed by atoms with van der Waals surface area (Å²) < 4.78 is 0. The van der Waals surface area contributed by atoms with E-state index in [1.807, 2.05) is 0 Å². The van der Waals surface area contributed by atoms with Gasteiger partial charge < -0.3 is 0 Å². The van der Waals surface area contributed by atoms with Crippen LogP contribution < -0.4 is 0 Å². The van der Waals surface area contributed by atoms with E-state index >= 15 is 0 Å². The van der Waals surface area contributed by atoms with Gasteiger partial charge in [-0.25, -0.2) is 0 Å². The van der Waals surface area contributed by atoms with Crippen molar-refractivity contribution in [3.8, 4) is 0 Å². The molecule has 4 aliphatic carbocycles. The fourth-order valence-electron chi connectivity index (χ4n) is 8.42. The fraction of sp³-hybridized carbons (Fsp3) is 0.833. The first-order chi connectivity index (χ1) is 13.7. The van der Waals surface area contributed by atoms with Crippen LogP contribution in [-0.4, -0.2) is 36.2 Å². The van der Waals surface area contributed by atoms with E-state index in [0.29, 0.717) is 21.7 Å². The number of hydrogen-bond donors (Lipinski definition) is 0. The van der Waals surface area contributed by atoms with E-state index in [0.717, 1.165) is 26.2 Å². The van der Waals surface area contributed by atoms with Crippen LogP contribution in [0.25, 0.3) is 0 Å². The van der Waals surface area contributed by atoms with Gasteiger partial charge in [-0.3, -0.25) is 10.0 Å². The summed E-state index contributed by atoms with van der Waals surface area (Å²) in [4.78, 5) is 0. The SMILES string of the molecule is C1=CC[C@]23CCCC[C@@]2(C1)CN(/N=N/N1C[C@]24CC=CC[C@@]2(CCCC4)C1)C3. The van der Waals surface area contributed by atoms with Crippen molar-refractivity contribution < 1.29 is 0 Å². The van der Waals surface area contributed by atoms with E-state index in [1.165, 1.54) is 77.0 Å². The van der Waals surface area contributed by atoms with Crippen LogP contribution in [0, 0.1) is 21.7 Å². The molecule has 0 radical (unpaired) electrons. The molecule has 0 aromatic rings. The molecule has 4 nitrogen and oxygen atoms in total. The molecule has 0 N–H and O–H groups in total. The number of nitrogens with zero attached hydrogens (tertiary/aromatic N) is 4. The molecule has 2 saturated heterocycles. The zero-order chi connectivity index (χ0) is 18.7. The highest BCUT2D eigenvalue weighted by atomic mass is 15.7. The van der Waals surface area contributed by atoms with Gasteiger partial charge in [0.25, 0.3) is 0 Å². The fourth-order valence-corrected chi connectivity index (χ4v) is 8.42. The molecular weight excluding hydrogens is 344 g/mol. The Labute approximate surface area is 170 Å². The molecule has 0 unspecified atom stereocenters. The van der Waals surface area contributed by atoms with Crippen molar-refractivity contribution in [2.75, 3.05) is 26.2 Å². The Bertz CT molecular complexity index is 616. The molecule has 0 bridgehead atoms. The Hall–Kier alpha value is -1.32. The lowest BCUT2D eigenvalue weighted by Crippen LogP contribution is -2.44. The first kappa shape index (κ1) is 17.5. The minimum Gasteiger partial charge on any atom is -0.276 e. The summed E-state index contributed by atoms with van der Waals surface area (Å²) in [6, 6.07) is 0. The highest BCUT2D eigenvalue weighted by molar-refractivity contribution is 5.17. The van der Waals surface area contributed by atoms with Crippen LogP contribution in [0.5, 0.6) is 0 Å². The maximum atomic E-state index is 4.89. The molecule has 4 fully saturated rings. The molecule has 2 saturated carbocycles. The largest absolute Gasteiger partial charge is 0.276 e. The highest BCUT2D eigenvalue weighted by Crippen LogP contribution is 2.63. The first-order valence-electron chi connectivity index (χ1n) is 11.9. The number of allylic oxidation sites excluding steroid dienone is 4. The normalized spacial score (nSPS) is 47.1. The summed E-state index contributed by atoms with van der Waals surface area (Å²) in [6.45, 7) is 4.53. The molecule has 0 spiro atoms. The lowest BCUT2D eigenvalue weighted by molar-refractivity contribution is 0.0342. The third kappa shape index (κ3) is 2.29. The predicted octanol–water partition coefficient (Wildman–Crippen LogP) is 5.69. The molecule has 6 aliphatic rings. The molecule has 6 rings (SSSR count). The van der Waals surface area contributed by atoms with Crippen molar-refractivity contribution in [1.29, 1.82) is 0 Å². The van der Waals surface area contributed by atoms with E-state index in [1.54, 1.807) is 0 Å². The lowest BCUT2D eigenvalue weighted by Gasteiger charge is -2.49. The van der Waals surface area contributed by atoms with Gasteiger partial charge in [0.1, 0.15) is 0 Å². The zero-order valence-corrected chi connectivity index (χ0v) is 17.4. The van der Waals surface area contributed by atoms with Crippen LogP contribution >= 0.6 is 0 Å². The van der Waals surface area contributed by atoms with Gasteiger partial charge in [0.15, 0.2) is 0 Å². The van der Waals surface area contributed by atoms with Gasteiger partial charge in [-0.2, -0.15) is 0 Å². The minimum atomic E-state index is 0.479. The Kier molecular flexibility index (Phi) is 3.81. The van der Waals surface area contributed by atoms with Gasteiger partial charge in [-0.15, -0.1) is 0 Å². The van der Waals surface area contributed by atoms with Crippen LogP contribution in [0.1, 0.15) is 77.0 Å². The molecule has 28 heavy (non-hydrogen) atoms. The Morgan fingerprint density at radius 3 is 1.04 bits per heavy atom. The first-order valence-corrected chi connectivity index (χ1v) is 11.9.